The van der Waals surface area contributed by atoms with E-state index < -0.39 is 0 Å². The maximum Gasteiger partial charge on any atom is 0.261 e. The summed E-state index contributed by atoms with van der Waals surface area (Å²) in [5, 5.41) is 17.0. The topological polar surface area (TPSA) is 111 Å². The Morgan fingerprint density at radius 3 is 2.57 bits per heavy atom. The number of piperazine rings is 1. The summed E-state index contributed by atoms with van der Waals surface area (Å²) in [4.78, 5) is 29.1. The van der Waals surface area contributed by atoms with Gasteiger partial charge in [0.05, 0.1) is 24.1 Å². The van der Waals surface area contributed by atoms with Crippen LogP contribution in [0.4, 0.5) is 10.1 Å². The molecule has 2 bridgehead atoms. The highest BCUT2D eigenvalue weighted by atomic mass is 19.1. The van der Waals surface area contributed by atoms with Crippen LogP contribution in [-0.2, 0) is 13.0 Å². The third-order valence-electron chi connectivity index (χ3n) is 12.7. The zero-order valence-electron chi connectivity index (χ0n) is 31.1. The molecule has 2 saturated heterocycles. The number of halogens is 1. The largest absolute Gasteiger partial charge is 0.497 e. The summed E-state index contributed by atoms with van der Waals surface area (Å²) in [5.74, 6) is 4.00. The number of aromatic nitrogens is 2. The van der Waals surface area contributed by atoms with E-state index in [0.29, 0.717) is 63.2 Å². The van der Waals surface area contributed by atoms with Crippen LogP contribution in [0.1, 0.15) is 71.7 Å². The second-order valence-electron chi connectivity index (χ2n) is 16.3. The van der Waals surface area contributed by atoms with Crippen LogP contribution in [0, 0.1) is 40.3 Å². The number of piperidine rings is 1. The van der Waals surface area contributed by atoms with Crippen molar-refractivity contribution in [3.05, 3.63) is 64.0 Å². The molecule has 2 aliphatic heterocycles. The summed E-state index contributed by atoms with van der Waals surface area (Å²) in [6.07, 6.45) is 4.66. The molecule has 10 nitrogen and oxygen atoms in total. The van der Waals surface area contributed by atoms with Crippen molar-refractivity contribution < 1.29 is 9.13 Å². The number of amidine groups is 1. The second kappa shape index (κ2) is 14.2. The molecule has 51 heavy (non-hydrogen) atoms. The fourth-order valence-corrected chi connectivity index (χ4v) is 9.05. The van der Waals surface area contributed by atoms with Crippen molar-refractivity contribution in [2.45, 2.75) is 85.4 Å². The number of fused-ring (bicyclic) bond motifs is 3. The monoisotopic (exact) mass is 698 g/mol. The number of benzene rings is 2. The number of hydrogen-bond donors (Lipinski definition) is 3. The lowest BCUT2D eigenvalue weighted by Crippen LogP contribution is -2.57. The van der Waals surface area contributed by atoms with E-state index in [2.05, 4.69) is 50.2 Å². The van der Waals surface area contributed by atoms with Gasteiger partial charge in [0.2, 0.25) is 0 Å². The van der Waals surface area contributed by atoms with Gasteiger partial charge in [-0.3, -0.25) is 14.8 Å². The van der Waals surface area contributed by atoms with Crippen molar-refractivity contribution in [2.75, 3.05) is 45.2 Å². The molecule has 3 aliphatic carbocycles. The first-order valence-electron chi connectivity index (χ1n) is 19.0. The van der Waals surface area contributed by atoms with E-state index in [0.717, 1.165) is 63.6 Å². The highest BCUT2D eigenvalue weighted by Crippen LogP contribution is 2.61. The molecule has 2 aromatic carbocycles. The van der Waals surface area contributed by atoms with Gasteiger partial charge in [0.15, 0.2) is 17.6 Å². The van der Waals surface area contributed by atoms with Gasteiger partial charge in [0, 0.05) is 57.1 Å². The highest BCUT2D eigenvalue weighted by molar-refractivity contribution is 5.98. The molecule has 5 aliphatic rings. The number of ether oxygens (including phenoxy) is 1. The molecule has 0 amide bonds. The molecule has 0 radical (unpaired) electrons. The lowest BCUT2D eigenvalue weighted by atomic mass is 9.45. The third-order valence-corrected chi connectivity index (χ3v) is 12.7. The molecule has 1 aromatic heterocycles. The van der Waals surface area contributed by atoms with Gasteiger partial charge in [-0.1, -0.05) is 33.8 Å². The molecule has 3 N–H and O–H groups in total. The van der Waals surface area contributed by atoms with Crippen LogP contribution in [0.2, 0.25) is 0 Å². The summed E-state index contributed by atoms with van der Waals surface area (Å²) in [6.45, 7) is 15.9. The van der Waals surface area contributed by atoms with E-state index >= 15 is 0 Å². The number of anilines is 1. The predicted octanol–water partition coefficient (Wildman–Crippen LogP) is 5.98. The van der Waals surface area contributed by atoms with E-state index in [1.165, 1.54) is 19.6 Å². The van der Waals surface area contributed by atoms with Crippen molar-refractivity contribution in [1.29, 1.82) is 5.41 Å². The molecule has 5 atom stereocenters. The Bertz CT molecular complexity index is 1860. The first-order valence-corrected chi connectivity index (χ1v) is 19.0. The van der Waals surface area contributed by atoms with Gasteiger partial charge in [-0.2, -0.15) is 0 Å². The minimum absolute atomic E-state index is 0.198. The molecular formula is C40H55FN8O2. The van der Waals surface area contributed by atoms with Gasteiger partial charge in [0.25, 0.3) is 5.56 Å². The van der Waals surface area contributed by atoms with Gasteiger partial charge >= 0.3 is 0 Å². The second-order valence-corrected chi connectivity index (χ2v) is 16.3. The van der Waals surface area contributed by atoms with Crippen LogP contribution in [0.5, 0.6) is 5.75 Å². The zero-order valence-corrected chi connectivity index (χ0v) is 31.1. The highest BCUT2D eigenvalue weighted by Gasteiger charge is 2.56. The summed E-state index contributed by atoms with van der Waals surface area (Å²) in [7, 11) is 1.51. The van der Waals surface area contributed by atoms with Crippen LogP contribution < -0.4 is 20.9 Å². The Morgan fingerprint density at radius 2 is 1.88 bits per heavy atom. The number of aryl methyl sites for hydroxylation is 1. The Kier molecular flexibility index (Phi) is 9.86. The van der Waals surface area contributed by atoms with E-state index in [-0.39, 0.29) is 36.2 Å². The molecule has 274 valence electrons. The number of nitrogens with zero attached hydrogens (tertiary/aromatic N) is 5. The fourth-order valence-electron chi connectivity index (χ4n) is 9.05. The Labute approximate surface area is 301 Å². The standard InChI is InChI=1S/C40H55FN8O2/c1-24-11-15-47(16-12-24)36(42)37-45-35-21-29(8-10-31(35)38(50)49(37)17-13-27-7-9-30(51-6)22-33(27)41)44-39(48-18-14-43-25(2)23-48)46-34-20-28-19-32(26(34)3)40(28,4)5/h7-10,21-22,24-26,28,32,34,42-43H,11-20,23H2,1-6H3,(H,44,46)/t25-,26-,28+,32-,34-/m0/s1. The Balaban J connectivity index is 1.22. The van der Waals surface area contributed by atoms with E-state index in [1.54, 1.807) is 16.7 Å². The molecule has 3 saturated carbocycles. The molecule has 3 heterocycles. The van der Waals surface area contributed by atoms with Crippen LogP contribution in [0.3, 0.4) is 0 Å². The fraction of sp³-hybridized carbons (Fsp3) is 0.600. The number of guanidine groups is 1. The van der Waals surface area contributed by atoms with Gasteiger partial charge in [-0.15, -0.1) is 0 Å². The first kappa shape index (κ1) is 35.4. The Morgan fingerprint density at radius 1 is 1.10 bits per heavy atom. The lowest BCUT2D eigenvalue weighted by molar-refractivity contribution is -0.108. The van der Waals surface area contributed by atoms with Gasteiger partial charge in [-0.25, -0.2) is 14.4 Å². The molecule has 5 fully saturated rings. The average Bonchev–Trinajstić information content (AvgIpc) is 3.11. The van der Waals surface area contributed by atoms with Crippen LogP contribution in [0.15, 0.2) is 46.2 Å². The lowest BCUT2D eigenvalue weighted by Gasteiger charge is -2.61. The summed E-state index contributed by atoms with van der Waals surface area (Å²) in [6, 6.07) is 11.1. The molecule has 0 unspecified atom stereocenters. The molecule has 3 aromatic rings. The number of rotatable bonds is 7. The van der Waals surface area contributed by atoms with Gasteiger partial charge < -0.3 is 25.2 Å². The minimum atomic E-state index is -0.381. The molecule has 8 rings (SSSR count). The van der Waals surface area contributed by atoms with E-state index in [4.69, 9.17) is 14.7 Å². The normalized spacial score (nSPS) is 26.6. The quantitative estimate of drug-likeness (QED) is 0.206. The van der Waals surface area contributed by atoms with Gasteiger partial charge in [-0.05, 0) is 97.9 Å². The number of nitrogens with one attached hydrogen (secondary N) is 3. The number of aliphatic imine (C=N–C) groups is 1. The van der Waals surface area contributed by atoms with Gasteiger partial charge in [0.1, 0.15) is 11.6 Å². The number of likely N-dealkylation sites (tertiary alicyclic amines) is 1. The summed E-state index contributed by atoms with van der Waals surface area (Å²) < 4.78 is 21.7. The summed E-state index contributed by atoms with van der Waals surface area (Å²) in [5.41, 5.74) is 1.99. The van der Waals surface area contributed by atoms with Crippen molar-refractivity contribution >= 4 is 28.4 Å². The smallest absolute Gasteiger partial charge is 0.261 e. The molecular weight excluding hydrogens is 643 g/mol. The van der Waals surface area contributed by atoms with Crippen molar-refractivity contribution in [2.24, 2.45) is 34.1 Å². The third kappa shape index (κ3) is 6.98. The summed E-state index contributed by atoms with van der Waals surface area (Å²) >= 11 is 0. The van der Waals surface area contributed by atoms with Crippen LogP contribution >= 0.6 is 0 Å². The number of methoxy groups -OCH3 is 1. The minimum Gasteiger partial charge on any atom is -0.497 e. The van der Waals surface area contributed by atoms with Crippen molar-refractivity contribution in [3.63, 3.8) is 0 Å². The Hall–Kier alpha value is -3.99. The van der Waals surface area contributed by atoms with E-state index in [1.807, 2.05) is 23.1 Å². The predicted molar refractivity (Wildman–Crippen MR) is 203 cm³/mol. The first-order chi connectivity index (χ1) is 24.4. The number of hydrogen-bond acceptors (Lipinski definition) is 6. The van der Waals surface area contributed by atoms with Crippen LogP contribution in [0.25, 0.3) is 10.9 Å². The van der Waals surface area contributed by atoms with Crippen molar-refractivity contribution in [3.8, 4) is 5.75 Å². The van der Waals surface area contributed by atoms with E-state index in [9.17, 15) is 14.6 Å². The zero-order chi connectivity index (χ0) is 36.0. The maximum absolute atomic E-state index is 15.0. The van der Waals surface area contributed by atoms with Crippen LogP contribution in [-0.4, -0.2) is 83.1 Å². The molecule has 11 heteroatoms. The maximum atomic E-state index is 15.0. The SMILES string of the molecule is COc1ccc(CCn2c(C(=N)N3CCC(C)CC3)nc3cc(NC(=N[C@H]4C[C@H]5C[C@@H]([C@@H]4C)C5(C)C)N4CCN[C@@H](C)C4)ccc3c2=O)c(F)c1. The average molecular weight is 699 g/mol. The molecule has 0 spiro atoms. The van der Waals surface area contributed by atoms with Crippen molar-refractivity contribution in [1.82, 2.24) is 24.7 Å².